The van der Waals surface area contributed by atoms with Crippen molar-refractivity contribution in [3.63, 3.8) is 0 Å². The van der Waals surface area contributed by atoms with E-state index >= 15 is 0 Å². The van der Waals surface area contributed by atoms with Gasteiger partial charge in [-0.1, -0.05) is 39.0 Å². The molecule has 0 saturated heterocycles. The standard InChI is InChI=1S/C25H38FNO3S/c1-24(2,3)30-23(28)27-16-19-13-21(15-22(26)14-19)20-11-9-10-18(12-20)17-29-31(7,8)25(4,5)6/h9-15,23,27-28H,16-17H2,1-8H3. The van der Waals surface area contributed by atoms with Crippen LogP contribution in [0.3, 0.4) is 0 Å². The molecule has 2 aromatic rings. The number of hydrogen-bond acceptors (Lipinski definition) is 4. The lowest BCUT2D eigenvalue weighted by Crippen LogP contribution is -2.37. The van der Waals surface area contributed by atoms with Gasteiger partial charge in [-0.3, -0.25) is 5.32 Å². The molecule has 0 aliphatic rings. The molecule has 0 saturated carbocycles. The first-order valence-electron chi connectivity index (χ1n) is 10.5. The highest BCUT2D eigenvalue weighted by molar-refractivity contribution is 8.29. The molecule has 0 bridgehead atoms. The van der Waals surface area contributed by atoms with Crippen molar-refractivity contribution in [3.05, 3.63) is 59.4 Å². The van der Waals surface area contributed by atoms with Gasteiger partial charge in [-0.2, -0.15) is 0 Å². The van der Waals surface area contributed by atoms with E-state index in [1.807, 2.05) is 51.1 Å². The molecule has 0 aliphatic carbocycles. The SMILES string of the molecule is CC(C)(C)OC(O)NCc1cc(F)cc(-c2cccc(COS(C)(C)C(C)(C)C)c2)c1. The van der Waals surface area contributed by atoms with Gasteiger partial charge in [0, 0.05) is 11.3 Å². The molecular weight excluding hydrogens is 413 g/mol. The number of aliphatic hydroxyl groups is 1. The van der Waals surface area contributed by atoms with E-state index in [0.717, 1.165) is 22.3 Å². The van der Waals surface area contributed by atoms with Gasteiger partial charge < -0.3 is 14.0 Å². The topological polar surface area (TPSA) is 50.7 Å². The minimum absolute atomic E-state index is 0.0936. The highest BCUT2D eigenvalue weighted by atomic mass is 32.3. The second kappa shape index (κ2) is 10.0. The quantitative estimate of drug-likeness (QED) is 0.486. The number of rotatable bonds is 8. The van der Waals surface area contributed by atoms with Crippen LogP contribution in [0.2, 0.25) is 0 Å². The monoisotopic (exact) mass is 451 g/mol. The third kappa shape index (κ3) is 8.20. The van der Waals surface area contributed by atoms with Crippen LogP contribution in [-0.4, -0.2) is 34.4 Å². The molecule has 0 heterocycles. The van der Waals surface area contributed by atoms with Crippen molar-refractivity contribution < 1.29 is 18.4 Å². The van der Waals surface area contributed by atoms with Crippen molar-refractivity contribution in [1.82, 2.24) is 5.32 Å². The molecule has 174 valence electrons. The molecule has 0 amide bonds. The fourth-order valence-electron chi connectivity index (χ4n) is 2.73. The summed E-state index contributed by atoms with van der Waals surface area (Å²) in [7, 11) is -1.22. The molecule has 0 radical (unpaired) electrons. The summed E-state index contributed by atoms with van der Waals surface area (Å²) >= 11 is 0. The van der Waals surface area contributed by atoms with Gasteiger partial charge in [-0.05, 0) is 79.8 Å². The van der Waals surface area contributed by atoms with Gasteiger partial charge in [0.05, 0.1) is 12.2 Å². The van der Waals surface area contributed by atoms with Crippen LogP contribution in [0.15, 0.2) is 42.5 Å². The van der Waals surface area contributed by atoms with Crippen molar-refractivity contribution in [2.45, 2.75) is 71.5 Å². The molecule has 2 rings (SSSR count). The molecule has 1 unspecified atom stereocenters. The molecule has 0 aromatic heterocycles. The average Bonchev–Trinajstić information content (AvgIpc) is 2.62. The second-order valence-electron chi connectivity index (χ2n) is 10.1. The minimum atomic E-state index is -1.22. The maximum atomic E-state index is 14.3. The molecule has 0 fully saturated rings. The van der Waals surface area contributed by atoms with Crippen molar-refractivity contribution >= 4 is 10.3 Å². The van der Waals surface area contributed by atoms with E-state index in [1.165, 1.54) is 12.1 Å². The number of halogens is 1. The van der Waals surface area contributed by atoms with Gasteiger partial charge in [0.1, 0.15) is 5.82 Å². The Morgan fingerprint density at radius 1 is 0.968 bits per heavy atom. The number of benzene rings is 2. The van der Waals surface area contributed by atoms with E-state index in [4.69, 9.17) is 8.92 Å². The lowest BCUT2D eigenvalue weighted by atomic mass is 10.0. The predicted octanol–water partition coefficient (Wildman–Crippen LogP) is 5.97. The Morgan fingerprint density at radius 2 is 1.61 bits per heavy atom. The molecule has 0 aliphatic heterocycles. The summed E-state index contributed by atoms with van der Waals surface area (Å²) in [4.78, 5) is 0. The minimum Gasteiger partial charge on any atom is -0.356 e. The molecule has 1 atom stereocenters. The maximum Gasteiger partial charge on any atom is 0.214 e. The van der Waals surface area contributed by atoms with Gasteiger partial charge in [-0.25, -0.2) is 4.39 Å². The number of nitrogens with one attached hydrogen (secondary N) is 1. The zero-order valence-corrected chi connectivity index (χ0v) is 20.9. The lowest BCUT2D eigenvalue weighted by molar-refractivity contribution is -0.182. The van der Waals surface area contributed by atoms with Crippen molar-refractivity contribution in [3.8, 4) is 11.1 Å². The normalized spacial score (nSPS) is 14.5. The van der Waals surface area contributed by atoms with Gasteiger partial charge >= 0.3 is 0 Å². The van der Waals surface area contributed by atoms with E-state index in [-0.39, 0.29) is 17.1 Å². The Kier molecular flexibility index (Phi) is 8.33. The van der Waals surface area contributed by atoms with E-state index in [1.54, 1.807) is 0 Å². The maximum absolute atomic E-state index is 14.3. The highest BCUT2D eigenvalue weighted by Crippen LogP contribution is 2.54. The second-order valence-corrected chi connectivity index (χ2v) is 14.0. The van der Waals surface area contributed by atoms with Gasteiger partial charge in [-0.15, -0.1) is 10.3 Å². The summed E-state index contributed by atoms with van der Waals surface area (Å²) in [6.45, 7) is 13.0. The van der Waals surface area contributed by atoms with Crippen LogP contribution in [-0.2, 0) is 22.1 Å². The van der Waals surface area contributed by atoms with Crippen molar-refractivity contribution in [2.24, 2.45) is 0 Å². The van der Waals surface area contributed by atoms with Crippen LogP contribution in [0.25, 0.3) is 11.1 Å². The molecule has 6 heteroatoms. The fraction of sp³-hybridized carbons (Fsp3) is 0.520. The van der Waals surface area contributed by atoms with E-state index in [2.05, 4.69) is 38.6 Å². The smallest absolute Gasteiger partial charge is 0.214 e. The van der Waals surface area contributed by atoms with Crippen LogP contribution < -0.4 is 5.32 Å². The fourth-order valence-corrected chi connectivity index (χ4v) is 3.52. The van der Waals surface area contributed by atoms with Crippen LogP contribution >= 0.6 is 10.3 Å². The molecule has 4 nitrogen and oxygen atoms in total. The van der Waals surface area contributed by atoms with Gasteiger partial charge in [0.2, 0.25) is 6.41 Å². The third-order valence-electron chi connectivity index (χ3n) is 5.16. The van der Waals surface area contributed by atoms with Crippen LogP contribution in [0.4, 0.5) is 4.39 Å². The van der Waals surface area contributed by atoms with Crippen molar-refractivity contribution in [1.29, 1.82) is 0 Å². The molecule has 2 N–H and O–H groups in total. The largest absolute Gasteiger partial charge is 0.356 e. The first kappa shape index (κ1) is 25.8. The molecule has 2 aromatic carbocycles. The first-order chi connectivity index (χ1) is 14.2. The van der Waals surface area contributed by atoms with Crippen molar-refractivity contribution in [2.75, 3.05) is 12.5 Å². The Morgan fingerprint density at radius 3 is 2.23 bits per heavy atom. The highest BCUT2D eigenvalue weighted by Gasteiger charge is 2.28. The lowest BCUT2D eigenvalue weighted by Gasteiger charge is -2.43. The summed E-state index contributed by atoms with van der Waals surface area (Å²) in [6.07, 6.45) is 3.24. The van der Waals surface area contributed by atoms with E-state index in [0.29, 0.717) is 6.61 Å². The van der Waals surface area contributed by atoms with Gasteiger partial charge in [0.25, 0.3) is 0 Å². The Labute approximate surface area is 188 Å². The number of ether oxygens (including phenoxy) is 1. The summed E-state index contributed by atoms with van der Waals surface area (Å²) in [5, 5.41) is 12.9. The molecule has 0 spiro atoms. The van der Waals surface area contributed by atoms with Crippen LogP contribution in [0, 0.1) is 5.82 Å². The summed E-state index contributed by atoms with van der Waals surface area (Å²) in [6, 6.07) is 12.9. The summed E-state index contributed by atoms with van der Waals surface area (Å²) in [5.74, 6) is -0.319. The zero-order valence-electron chi connectivity index (χ0n) is 20.1. The zero-order chi connectivity index (χ0) is 23.4. The Balaban J connectivity index is 2.13. The molecular formula is C25H38FNO3S. The average molecular weight is 452 g/mol. The van der Waals surface area contributed by atoms with Crippen LogP contribution in [0.1, 0.15) is 52.7 Å². The number of aliphatic hydroxyl groups excluding tert-OH is 1. The predicted molar refractivity (Wildman–Crippen MR) is 130 cm³/mol. The summed E-state index contributed by atoms with van der Waals surface area (Å²) < 4.78 is 26.1. The molecule has 31 heavy (non-hydrogen) atoms. The van der Waals surface area contributed by atoms with Crippen LogP contribution in [0.5, 0.6) is 0 Å². The Hall–Kier alpha value is -1.44. The van der Waals surface area contributed by atoms with E-state index in [9.17, 15) is 9.50 Å². The number of hydrogen-bond donors (Lipinski definition) is 2. The van der Waals surface area contributed by atoms with Gasteiger partial charge in [0.15, 0.2) is 0 Å². The van der Waals surface area contributed by atoms with E-state index < -0.39 is 22.3 Å². The first-order valence-corrected chi connectivity index (χ1v) is 12.9. The summed E-state index contributed by atoms with van der Waals surface area (Å²) in [5.41, 5.74) is 3.02. The third-order valence-corrected chi connectivity index (χ3v) is 8.82. The Bertz CT molecular complexity index is 872.